The Hall–Kier alpha value is -2.45. The highest BCUT2D eigenvalue weighted by molar-refractivity contribution is 7.92. The molecule has 1 N–H and O–H groups in total. The van der Waals surface area contributed by atoms with Gasteiger partial charge < -0.3 is 14.8 Å². The molecule has 0 saturated carbocycles. The number of nitrogens with zero attached hydrogens (tertiary/aromatic N) is 1. The maximum absolute atomic E-state index is 12.4. The molecule has 7 nitrogen and oxygen atoms in total. The van der Waals surface area contributed by atoms with E-state index < -0.39 is 15.9 Å². The number of nitrogens with one attached hydrogen (secondary N) is 1. The van der Waals surface area contributed by atoms with Crippen LogP contribution >= 0.6 is 11.6 Å². The molecule has 0 spiro atoms. The summed E-state index contributed by atoms with van der Waals surface area (Å²) in [6.45, 7) is 3.99. The van der Waals surface area contributed by atoms with Gasteiger partial charge in [-0.1, -0.05) is 23.7 Å². The van der Waals surface area contributed by atoms with Gasteiger partial charge in [-0.05, 0) is 62.6 Å². The summed E-state index contributed by atoms with van der Waals surface area (Å²) >= 11 is 6.02. The Morgan fingerprint density at radius 1 is 1.19 bits per heavy atom. The van der Waals surface area contributed by atoms with Crippen LogP contribution in [0.1, 0.15) is 25.8 Å². The van der Waals surface area contributed by atoms with Gasteiger partial charge in [0.15, 0.2) is 0 Å². The number of hydrogen-bond acceptors (Lipinski definition) is 5. The number of carbonyl (C=O) groups is 1. The molecule has 2 aromatic rings. The van der Waals surface area contributed by atoms with Gasteiger partial charge >= 0.3 is 0 Å². The molecule has 170 valence electrons. The summed E-state index contributed by atoms with van der Waals surface area (Å²) in [7, 11) is -2.31. The lowest BCUT2D eigenvalue weighted by atomic mass is 10.1. The zero-order valence-corrected chi connectivity index (χ0v) is 19.8. The van der Waals surface area contributed by atoms with Crippen LogP contribution < -0.4 is 19.1 Å². The maximum atomic E-state index is 12.4. The first-order valence-electron chi connectivity index (χ1n) is 9.93. The van der Waals surface area contributed by atoms with Gasteiger partial charge in [0.25, 0.3) is 0 Å². The average molecular weight is 469 g/mol. The molecular formula is C22H29ClN2O5S. The van der Waals surface area contributed by atoms with Crippen LogP contribution in [0, 0.1) is 0 Å². The Labute approximate surface area is 189 Å². The van der Waals surface area contributed by atoms with E-state index >= 15 is 0 Å². The van der Waals surface area contributed by atoms with Crippen molar-refractivity contribution in [1.82, 2.24) is 5.32 Å². The molecule has 9 heteroatoms. The number of aryl methyl sites for hydroxylation is 1. The molecule has 0 fully saturated rings. The quantitative estimate of drug-likeness (QED) is 0.509. The zero-order chi connectivity index (χ0) is 23.0. The van der Waals surface area contributed by atoms with Crippen molar-refractivity contribution in [2.45, 2.75) is 32.8 Å². The minimum Gasteiger partial charge on any atom is -0.495 e. The fraction of sp³-hybridized carbons (Fsp3) is 0.409. The normalized spacial score (nSPS) is 11.3. The van der Waals surface area contributed by atoms with E-state index in [1.165, 1.54) is 13.2 Å². The van der Waals surface area contributed by atoms with Crippen molar-refractivity contribution in [2.75, 3.05) is 30.8 Å². The summed E-state index contributed by atoms with van der Waals surface area (Å²) < 4.78 is 36.5. The van der Waals surface area contributed by atoms with E-state index in [-0.39, 0.29) is 18.3 Å². The van der Waals surface area contributed by atoms with Gasteiger partial charge in [0, 0.05) is 11.6 Å². The Morgan fingerprint density at radius 2 is 1.94 bits per heavy atom. The fourth-order valence-corrected chi connectivity index (χ4v) is 4.01. The van der Waals surface area contributed by atoms with E-state index in [2.05, 4.69) is 5.32 Å². The van der Waals surface area contributed by atoms with Crippen LogP contribution in [0.3, 0.4) is 0 Å². The molecule has 0 aromatic heterocycles. The van der Waals surface area contributed by atoms with Crippen molar-refractivity contribution in [3.05, 3.63) is 53.1 Å². The Morgan fingerprint density at radius 3 is 2.58 bits per heavy atom. The topological polar surface area (TPSA) is 84.9 Å². The van der Waals surface area contributed by atoms with Crippen molar-refractivity contribution in [3.63, 3.8) is 0 Å². The minimum absolute atomic E-state index is 0.102. The second-order valence-corrected chi connectivity index (χ2v) is 9.70. The third-order valence-electron chi connectivity index (χ3n) is 4.33. The van der Waals surface area contributed by atoms with Crippen molar-refractivity contribution < 1.29 is 22.7 Å². The van der Waals surface area contributed by atoms with Crippen LogP contribution in [0.5, 0.6) is 11.5 Å². The molecule has 0 bridgehead atoms. The summed E-state index contributed by atoms with van der Waals surface area (Å²) in [5, 5.41) is 3.12. The molecule has 1 amide bonds. The predicted octanol–water partition coefficient (Wildman–Crippen LogP) is 3.65. The first-order chi connectivity index (χ1) is 14.6. The number of benzene rings is 2. The number of amides is 1. The Kier molecular flexibility index (Phi) is 9.00. The van der Waals surface area contributed by atoms with Crippen LogP contribution in [0.25, 0.3) is 0 Å². The second kappa shape index (κ2) is 11.2. The molecule has 2 rings (SSSR count). The van der Waals surface area contributed by atoms with Crippen LogP contribution in [-0.4, -0.2) is 46.9 Å². The van der Waals surface area contributed by atoms with Crippen molar-refractivity contribution in [2.24, 2.45) is 0 Å². The summed E-state index contributed by atoms with van der Waals surface area (Å²) in [5.41, 5.74) is 1.32. The molecule has 0 aliphatic rings. The van der Waals surface area contributed by atoms with Gasteiger partial charge in [0.05, 0.1) is 25.2 Å². The number of ether oxygens (including phenoxy) is 2. The summed E-state index contributed by atoms with van der Waals surface area (Å²) in [5.74, 6) is 0.714. The summed E-state index contributed by atoms with van der Waals surface area (Å²) in [4.78, 5) is 12.4. The zero-order valence-electron chi connectivity index (χ0n) is 18.2. The average Bonchev–Trinajstić information content (AvgIpc) is 2.68. The van der Waals surface area contributed by atoms with E-state index in [4.69, 9.17) is 21.1 Å². The summed E-state index contributed by atoms with van der Waals surface area (Å²) in [6, 6.07) is 12.4. The molecule has 0 unspecified atom stereocenters. The van der Waals surface area contributed by atoms with Gasteiger partial charge in [0.1, 0.15) is 18.0 Å². The largest absolute Gasteiger partial charge is 0.495 e. The highest BCUT2D eigenvalue weighted by atomic mass is 35.5. The van der Waals surface area contributed by atoms with Crippen LogP contribution in [0.15, 0.2) is 42.5 Å². The number of sulfonamides is 1. The van der Waals surface area contributed by atoms with Crippen molar-refractivity contribution >= 4 is 33.2 Å². The SMILES string of the molecule is COc1ccc(Cl)cc1N(CC(=O)NCCCc1cccc(OC(C)C)c1)S(C)(=O)=O. The molecule has 0 radical (unpaired) electrons. The molecule has 0 atom stereocenters. The number of anilines is 1. The lowest BCUT2D eigenvalue weighted by molar-refractivity contribution is -0.119. The monoisotopic (exact) mass is 468 g/mol. The Balaban J connectivity index is 1.95. The van der Waals surface area contributed by atoms with Crippen molar-refractivity contribution in [3.8, 4) is 11.5 Å². The van der Waals surface area contributed by atoms with Gasteiger partial charge in [-0.2, -0.15) is 0 Å². The maximum Gasteiger partial charge on any atom is 0.240 e. The van der Waals surface area contributed by atoms with Gasteiger partial charge in [-0.25, -0.2) is 8.42 Å². The molecule has 0 heterocycles. The standard InChI is InChI=1S/C22H29ClN2O5S/c1-16(2)30-19-9-5-7-17(13-19)8-6-12-24-22(26)15-25(31(4,27)28)20-14-18(23)10-11-21(20)29-3/h5,7,9-11,13-14,16H,6,8,12,15H2,1-4H3,(H,24,26). The molecule has 0 saturated heterocycles. The number of hydrogen-bond donors (Lipinski definition) is 1. The van der Waals surface area contributed by atoms with E-state index in [1.54, 1.807) is 12.1 Å². The Bertz CT molecular complexity index is 995. The third kappa shape index (κ3) is 7.95. The fourth-order valence-electron chi connectivity index (χ4n) is 2.99. The number of carbonyl (C=O) groups excluding carboxylic acids is 1. The molecule has 2 aromatic carbocycles. The van der Waals surface area contributed by atoms with Gasteiger partial charge in [-0.15, -0.1) is 0 Å². The van der Waals surface area contributed by atoms with Crippen molar-refractivity contribution in [1.29, 1.82) is 0 Å². The van der Waals surface area contributed by atoms with Crippen LogP contribution in [0.4, 0.5) is 5.69 Å². The number of methoxy groups -OCH3 is 1. The van der Waals surface area contributed by atoms with E-state index in [9.17, 15) is 13.2 Å². The van der Waals surface area contributed by atoms with Crippen LogP contribution in [-0.2, 0) is 21.2 Å². The van der Waals surface area contributed by atoms with Crippen LogP contribution in [0.2, 0.25) is 5.02 Å². The minimum atomic E-state index is -3.73. The van der Waals surface area contributed by atoms with E-state index in [0.29, 0.717) is 23.7 Å². The van der Waals surface area contributed by atoms with Gasteiger partial charge in [0.2, 0.25) is 15.9 Å². The lowest BCUT2D eigenvalue weighted by Gasteiger charge is -2.24. The van der Waals surface area contributed by atoms with E-state index in [1.807, 2.05) is 38.1 Å². The summed E-state index contributed by atoms with van der Waals surface area (Å²) in [6.07, 6.45) is 2.60. The molecule has 0 aliphatic carbocycles. The highest BCUT2D eigenvalue weighted by Gasteiger charge is 2.24. The number of halogens is 1. The smallest absolute Gasteiger partial charge is 0.240 e. The second-order valence-electron chi connectivity index (χ2n) is 7.35. The lowest BCUT2D eigenvalue weighted by Crippen LogP contribution is -2.40. The number of rotatable bonds is 11. The highest BCUT2D eigenvalue weighted by Crippen LogP contribution is 2.32. The molecule has 0 aliphatic heterocycles. The van der Waals surface area contributed by atoms with E-state index in [0.717, 1.165) is 28.3 Å². The first kappa shape index (κ1) is 24.8. The molecule has 31 heavy (non-hydrogen) atoms. The molecular weight excluding hydrogens is 440 g/mol. The first-order valence-corrected chi connectivity index (χ1v) is 12.2. The van der Waals surface area contributed by atoms with Gasteiger partial charge in [-0.3, -0.25) is 9.10 Å². The third-order valence-corrected chi connectivity index (χ3v) is 5.69. The predicted molar refractivity (Wildman–Crippen MR) is 124 cm³/mol.